The standard InChI is InChI=1S/C23H18N2S/c1-14-10-15(13-24)6-7-18(14)22-23-19(8-9-25-22)20-11-16-4-2-3-5-17(16)12-21(20)26-23/h6-12H,2-5H2,1H3. The molecule has 0 unspecified atom stereocenters. The summed E-state index contributed by atoms with van der Waals surface area (Å²) in [4.78, 5) is 4.71. The molecule has 0 saturated heterocycles. The number of rotatable bonds is 1. The fraction of sp³-hybridized carbons (Fsp3) is 0.217. The average Bonchev–Trinajstić information content (AvgIpc) is 3.04. The maximum absolute atomic E-state index is 9.13. The Morgan fingerprint density at radius 3 is 2.58 bits per heavy atom. The molecule has 0 saturated carbocycles. The monoisotopic (exact) mass is 354 g/mol. The summed E-state index contributed by atoms with van der Waals surface area (Å²) in [6.45, 7) is 2.06. The van der Waals surface area contributed by atoms with Crippen molar-refractivity contribution in [3.8, 4) is 17.3 Å². The molecule has 2 aromatic heterocycles. The minimum absolute atomic E-state index is 0.697. The Balaban J connectivity index is 1.78. The number of hydrogen-bond donors (Lipinski definition) is 0. The predicted octanol–water partition coefficient (Wildman–Crippen LogP) is 6.18. The minimum atomic E-state index is 0.697. The van der Waals surface area contributed by atoms with Crippen LogP contribution in [0.2, 0.25) is 0 Å². The molecule has 1 aliphatic rings. The molecular weight excluding hydrogens is 336 g/mol. The first-order valence-corrected chi connectivity index (χ1v) is 9.90. The second kappa shape index (κ2) is 5.93. The lowest BCUT2D eigenvalue weighted by molar-refractivity contribution is 0.687. The molecule has 1 aliphatic carbocycles. The van der Waals surface area contributed by atoms with Crippen molar-refractivity contribution in [2.75, 3.05) is 0 Å². The molecule has 5 rings (SSSR count). The van der Waals surface area contributed by atoms with Gasteiger partial charge in [-0.2, -0.15) is 5.26 Å². The number of nitrogens with zero attached hydrogens (tertiary/aromatic N) is 2. The summed E-state index contributed by atoms with van der Waals surface area (Å²) < 4.78 is 2.61. The first kappa shape index (κ1) is 15.5. The van der Waals surface area contributed by atoms with E-state index in [0.29, 0.717) is 5.56 Å². The molecule has 2 nitrogen and oxygen atoms in total. The summed E-state index contributed by atoms with van der Waals surface area (Å²) in [6.07, 6.45) is 6.94. The number of nitriles is 1. The van der Waals surface area contributed by atoms with Gasteiger partial charge in [0.25, 0.3) is 0 Å². The lowest BCUT2D eigenvalue weighted by atomic mass is 9.90. The molecule has 0 fully saturated rings. The SMILES string of the molecule is Cc1cc(C#N)ccc1-c1nccc2c1sc1cc3c(cc12)CCCC3. The van der Waals surface area contributed by atoms with E-state index in [4.69, 9.17) is 10.2 Å². The van der Waals surface area contributed by atoms with Crippen molar-refractivity contribution in [3.05, 3.63) is 64.8 Å². The van der Waals surface area contributed by atoms with Crippen LogP contribution in [0.15, 0.2) is 42.6 Å². The molecule has 0 radical (unpaired) electrons. The average molecular weight is 354 g/mol. The van der Waals surface area contributed by atoms with Crippen LogP contribution in [0.25, 0.3) is 31.4 Å². The van der Waals surface area contributed by atoms with Gasteiger partial charge in [-0.05, 0) is 79.6 Å². The van der Waals surface area contributed by atoms with E-state index in [0.717, 1.165) is 16.8 Å². The molecule has 26 heavy (non-hydrogen) atoms. The van der Waals surface area contributed by atoms with Crippen LogP contribution in [0.5, 0.6) is 0 Å². The van der Waals surface area contributed by atoms with Gasteiger partial charge in [0.2, 0.25) is 0 Å². The second-order valence-corrected chi connectivity index (χ2v) is 8.16. The fourth-order valence-electron chi connectivity index (χ4n) is 4.12. The first-order valence-electron chi connectivity index (χ1n) is 9.09. The third-order valence-electron chi connectivity index (χ3n) is 5.46. The fourth-order valence-corrected chi connectivity index (χ4v) is 5.37. The van der Waals surface area contributed by atoms with E-state index in [1.54, 1.807) is 0 Å². The quantitative estimate of drug-likeness (QED) is 0.409. The Kier molecular flexibility index (Phi) is 3.55. The number of fused-ring (bicyclic) bond motifs is 4. The molecule has 2 aromatic carbocycles. The molecule has 0 amide bonds. The summed E-state index contributed by atoms with van der Waals surface area (Å²) in [7, 11) is 0. The predicted molar refractivity (Wildman–Crippen MR) is 109 cm³/mol. The van der Waals surface area contributed by atoms with Crippen LogP contribution in [0.4, 0.5) is 0 Å². The molecule has 0 aliphatic heterocycles. The number of benzene rings is 2. The molecule has 3 heteroatoms. The Labute approximate surface area is 156 Å². The van der Waals surface area contributed by atoms with Gasteiger partial charge < -0.3 is 0 Å². The van der Waals surface area contributed by atoms with Crippen LogP contribution in [-0.2, 0) is 12.8 Å². The van der Waals surface area contributed by atoms with Gasteiger partial charge in [-0.25, -0.2) is 0 Å². The number of pyridine rings is 1. The topological polar surface area (TPSA) is 36.7 Å². The zero-order chi connectivity index (χ0) is 17.7. The number of thiophene rings is 1. The van der Waals surface area contributed by atoms with Gasteiger partial charge in [-0.3, -0.25) is 4.98 Å². The molecule has 0 bridgehead atoms. The van der Waals surface area contributed by atoms with E-state index in [1.165, 1.54) is 57.0 Å². The Morgan fingerprint density at radius 2 is 1.81 bits per heavy atom. The molecular formula is C23H18N2S. The van der Waals surface area contributed by atoms with E-state index in [2.05, 4.69) is 31.2 Å². The second-order valence-electron chi connectivity index (χ2n) is 7.10. The van der Waals surface area contributed by atoms with Gasteiger partial charge in [0.1, 0.15) is 0 Å². The number of hydrogen-bond acceptors (Lipinski definition) is 3. The highest BCUT2D eigenvalue weighted by Gasteiger charge is 2.16. The van der Waals surface area contributed by atoms with Crippen molar-refractivity contribution >= 4 is 31.5 Å². The van der Waals surface area contributed by atoms with Crippen molar-refractivity contribution in [2.45, 2.75) is 32.6 Å². The maximum atomic E-state index is 9.13. The Bertz CT molecular complexity index is 1210. The van der Waals surface area contributed by atoms with Crippen LogP contribution in [0.3, 0.4) is 0 Å². The smallest absolute Gasteiger partial charge is 0.0991 e. The lowest BCUT2D eigenvalue weighted by Crippen LogP contribution is -2.01. The Hall–Kier alpha value is -2.70. The van der Waals surface area contributed by atoms with Gasteiger partial charge in [0.15, 0.2) is 0 Å². The molecule has 2 heterocycles. The maximum Gasteiger partial charge on any atom is 0.0991 e. The Morgan fingerprint density at radius 1 is 1.00 bits per heavy atom. The summed E-state index contributed by atoms with van der Waals surface area (Å²) in [5.41, 5.74) is 6.99. The first-order chi connectivity index (χ1) is 12.7. The summed E-state index contributed by atoms with van der Waals surface area (Å²) in [5.74, 6) is 0. The van der Waals surface area contributed by atoms with Gasteiger partial charge in [0.05, 0.1) is 22.0 Å². The molecule has 0 N–H and O–H groups in total. The van der Waals surface area contributed by atoms with Crippen LogP contribution in [0.1, 0.15) is 35.1 Å². The highest BCUT2D eigenvalue weighted by molar-refractivity contribution is 7.26. The zero-order valence-electron chi connectivity index (χ0n) is 14.7. The molecule has 0 spiro atoms. The van der Waals surface area contributed by atoms with Crippen molar-refractivity contribution in [1.29, 1.82) is 5.26 Å². The molecule has 126 valence electrons. The number of aryl methyl sites for hydroxylation is 3. The van der Waals surface area contributed by atoms with Crippen LogP contribution >= 0.6 is 11.3 Å². The van der Waals surface area contributed by atoms with E-state index < -0.39 is 0 Å². The normalized spacial score (nSPS) is 13.7. The lowest BCUT2D eigenvalue weighted by Gasteiger charge is -2.15. The number of aromatic nitrogens is 1. The van der Waals surface area contributed by atoms with E-state index in [9.17, 15) is 0 Å². The van der Waals surface area contributed by atoms with E-state index in [-0.39, 0.29) is 0 Å². The van der Waals surface area contributed by atoms with Gasteiger partial charge >= 0.3 is 0 Å². The summed E-state index contributed by atoms with van der Waals surface area (Å²) in [5, 5.41) is 11.8. The molecule has 4 aromatic rings. The largest absolute Gasteiger partial charge is 0.255 e. The van der Waals surface area contributed by atoms with Gasteiger partial charge in [-0.1, -0.05) is 6.07 Å². The van der Waals surface area contributed by atoms with Crippen molar-refractivity contribution in [2.24, 2.45) is 0 Å². The van der Waals surface area contributed by atoms with Crippen LogP contribution < -0.4 is 0 Å². The van der Waals surface area contributed by atoms with Crippen molar-refractivity contribution in [1.82, 2.24) is 4.98 Å². The highest BCUT2D eigenvalue weighted by Crippen LogP contribution is 2.41. The third kappa shape index (κ3) is 2.34. The minimum Gasteiger partial charge on any atom is -0.255 e. The van der Waals surface area contributed by atoms with Gasteiger partial charge in [0, 0.05) is 27.2 Å². The van der Waals surface area contributed by atoms with Crippen LogP contribution in [0, 0.1) is 18.3 Å². The van der Waals surface area contributed by atoms with Crippen molar-refractivity contribution in [3.63, 3.8) is 0 Å². The van der Waals surface area contributed by atoms with Crippen molar-refractivity contribution < 1.29 is 0 Å². The summed E-state index contributed by atoms with van der Waals surface area (Å²) in [6, 6.07) is 15.0. The van der Waals surface area contributed by atoms with E-state index >= 15 is 0 Å². The van der Waals surface area contributed by atoms with Gasteiger partial charge in [-0.15, -0.1) is 11.3 Å². The van der Waals surface area contributed by atoms with Crippen LogP contribution in [-0.4, -0.2) is 4.98 Å². The van der Waals surface area contributed by atoms with E-state index in [1.807, 2.05) is 35.7 Å². The zero-order valence-corrected chi connectivity index (χ0v) is 15.5. The third-order valence-corrected chi connectivity index (χ3v) is 6.64. The molecule has 0 atom stereocenters. The highest BCUT2D eigenvalue weighted by atomic mass is 32.1. The summed E-state index contributed by atoms with van der Waals surface area (Å²) >= 11 is 1.85.